The minimum Gasteiger partial charge on any atom is -0.103 e. The molecule has 0 aliphatic heterocycles. The Kier molecular flexibility index (Phi) is 21.2. The molecular formula is C126H118. The fourth-order valence-corrected chi connectivity index (χ4v) is 26.0. The Bertz CT molecular complexity index is 6370. The lowest BCUT2D eigenvalue weighted by molar-refractivity contribution is 0.323. The van der Waals surface area contributed by atoms with Gasteiger partial charge in [0.15, 0.2) is 0 Å². The summed E-state index contributed by atoms with van der Waals surface area (Å²) in [6.07, 6.45) is 69.4. The molecular weight excluding hydrogens is 1510 g/mol. The van der Waals surface area contributed by atoms with Crippen molar-refractivity contribution in [3.8, 4) is 22.3 Å². The average Bonchev–Trinajstić information content (AvgIpc) is 1.53. The van der Waals surface area contributed by atoms with E-state index in [1.165, 1.54) is 180 Å². The van der Waals surface area contributed by atoms with Gasteiger partial charge in [-0.15, -0.1) is 6.58 Å². The topological polar surface area (TPSA) is 0 Å². The summed E-state index contributed by atoms with van der Waals surface area (Å²) in [7, 11) is 0. The molecule has 0 aromatic heterocycles. The lowest BCUT2D eigenvalue weighted by Crippen LogP contribution is -2.37. The maximum absolute atomic E-state index is 3.94. The molecule has 126 heavy (non-hydrogen) atoms. The van der Waals surface area contributed by atoms with E-state index in [2.05, 4.69) is 443 Å². The lowest BCUT2D eigenvalue weighted by Gasteiger charge is -2.42. The quantitative estimate of drug-likeness (QED) is 0.113. The molecule has 6 unspecified atom stereocenters. The van der Waals surface area contributed by atoms with Crippen LogP contribution in [0.5, 0.6) is 0 Å². The highest BCUT2D eigenvalue weighted by Gasteiger charge is 2.57. The van der Waals surface area contributed by atoms with E-state index in [0.29, 0.717) is 47.3 Å². The zero-order chi connectivity index (χ0) is 85.4. The van der Waals surface area contributed by atoms with E-state index in [4.69, 9.17) is 0 Å². The molecule has 25 rings (SSSR count). The van der Waals surface area contributed by atoms with Crippen LogP contribution in [0.2, 0.25) is 0 Å². The van der Waals surface area contributed by atoms with Crippen molar-refractivity contribution in [2.75, 3.05) is 0 Å². The third-order valence-electron chi connectivity index (χ3n) is 31.8. The van der Waals surface area contributed by atoms with Gasteiger partial charge in [-0.3, -0.25) is 0 Å². The summed E-state index contributed by atoms with van der Waals surface area (Å²) in [6.45, 7) is 18.0. The highest BCUT2D eigenvalue weighted by molar-refractivity contribution is 5.84. The van der Waals surface area contributed by atoms with Crippen LogP contribution in [0.15, 0.2) is 407 Å². The summed E-state index contributed by atoms with van der Waals surface area (Å²) < 4.78 is 0. The normalized spacial score (nSPS) is 23.3. The highest BCUT2D eigenvalue weighted by Crippen LogP contribution is 2.66. The smallest absolute Gasteiger partial charge is 0.0208 e. The Morgan fingerprint density at radius 1 is 0.302 bits per heavy atom. The molecule has 11 aromatic rings. The Balaban J connectivity index is 0.0000000983. The molecule has 14 aliphatic rings. The molecule has 0 spiro atoms. The van der Waals surface area contributed by atoms with Crippen LogP contribution in [0.4, 0.5) is 0 Å². The SMILES string of the molecule is C1=CC(=C2CCc3ccccc32)C=C1.C1=CC(C2(C3C=Cc4ccccc43)CCc3ccccc32)C=C1.C1=CC(C2(C3c4ccccc4-c4ccccc43)CCc3ccccc32)C=C1.C=CCCC1=CC(C2(C3C=CC=C3)CCc3ccccc32)c2ccccc21.CC(C)(C)c1ccc2c(c1)C(C1(C3C=CC=C3)CCc3ccccc31)c1cc(C(C)(C)C)ccc1-2. The van der Waals surface area contributed by atoms with Crippen LogP contribution in [0.25, 0.3) is 39.5 Å². The van der Waals surface area contributed by atoms with Crippen molar-refractivity contribution in [1.82, 2.24) is 0 Å². The minimum absolute atomic E-state index is 0.0348. The van der Waals surface area contributed by atoms with E-state index in [1.54, 1.807) is 27.8 Å². The predicted molar refractivity (Wildman–Crippen MR) is 532 cm³/mol. The lowest BCUT2D eigenvalue weighted by atomic mass is 9.60. The van der Waals surface area contributed by atoms with Gasteiger partial charge in [-0.05, 0) is 238 Å². The summed E-state index contributed by atoms with van der Waals surface area (Å²) in [5.41, 5.74) is 41.0. The monoisotopic (exact) mass is 1630 g/mol. The van der Waals surface area contributed by atoms with Gasteiger partial charge in [0.1, 0.15) is 0 Å². The van der Waals surface area contributed by atoms with E-state index in [-0.39, 0.29) is 32.5 Å². The Morgan fingerprint density at radius 3 is 1.12 bits per heavy atom. The Morgan fingerprint density at radius 2 is 0.659 bits per heavy atom. The number of hydrogen-bond acceptors (Lipinski definition) is 0. The van der Waals surface area contributed by atoms with Gasteiger partial charge in [0.2, 0.25) is 0 Å². The van der Waals surface area contributed by atoms with Crippen molar-refractivity contribution in [2.24, 2.45) is 23.7 Å². The van der Waals surface area contributed by atoms with Crippen molar-refractivity contribution in [1.29, 1.82) is 0 Å². The number of rotatable bonds is 11. The van der Waals surface area contributed by atoms with E-state index >= 15 is 0 Å². The molecule has 11 aromatic carbocycles. The first-order chi connectivity index (χ1) is 61.7. The zero-order valence-electron chi connectivity index (χ0n) is 74.4. The number of fused-ring (bicyclic) bond motifs is 13. The first kappa shape index (κ1) is 80.9. The molecule has 0 saturated heterocycles. The van der Waals surface area contributed by atoms with Crippen LogP contribution in [0, 0.1) is 23.7 Å². The molecule has 0 radical (unpaired) electrons. The van der Waals surface area contributed by atoms with Gasteiger partial charge in [0, 0.05) is 69.0 Å². The largest absolute Gasteiger partial charge is 0.103 e. The zero-order valence-corrected chi connectivity index (χ0v) is 74.4. The van der Waals surface area contributed by atoms with Gasteiger partial charge in [-0.1, -0.05) is 442 Å². The molecule has 0 heterocycles. The molecule has 0 heteroatoms. The van der Waals surface area contributed by atoms with E-state index in [1.807, 2.05) is 6.08 Å². The number of hydrogen-bond donors (Lipinski definition) is 0. The van der Waals surface area contributed by atoms with Gasteiger partial charge in [-0.2, -0.15) is 0 Å². The summed E-state index contributed by atoms with van der Waals surface area (Å²) in [4.78, 5) is 0. The molecule has 0 nitrogen and oxygen atoms in total. The molecule has 14 aliphatic carbocycles. The highest BCUT2D eigenvalue weighted by atomic mass is 14.6. The van der Waals surface area contributed by atoms with E-state index in [0.717, 1.165) is 19.3 Å². The molecule has 0 saturated carbocycles. The van der Waals surface area contributed by atoms with E-state index in [9.17, 15) is 0 Å². The van der Waals surface area contributed by atoms with Gasteiger partial charge < -0.3 is 0 Å². The van der Waals surface area contributed by atoms with Crippen LogP contribution < -0.4 is 0 Å². The molecule has 0 amide bonds. The minimum atomic E-state index is 0.0348. The molecule has 622 valence electrons. The average molecular weight is 1630 g/mol. The van der Waals surface area contributed by atoms with Crippen LogP contribution in [0.1, 0.15) is 221 Å². The number of allylic oxidation sites excluding steroid dienone is 26. The molecule has 0 bridgehead atoms. The number of aryl methyl sites for hydroxylation is 5. The second-order valence-corrected chi connectivity index (χ2v) is 40.0. The van der Waals surface area contributed by atoms with Gasteiger partial charge in [-0.25, -0.2) is 0 Å². The van der Waals surface area contributed by atoms with Crippen molar-refractivity contribution < 1.29 is 0 Å². The van der Waals surface area contributed by atoms with Crippen LogP contribution in [-0.2, 0) is 64.6 Å². The van der Waals surface area contributed by atoms with E-state index < -0.39 is 0 Å². The Hall–Kier alpha value is -12.2. The standard InChI is InChI=1S/C35H38.C27H22.C27H26.C23H20.C14H12/c1-33(2,3)25-15-17-27-28-18-16-26(34(4,5)6)22-30(28)32(29(27)21-25)35(24-12-8-9-13-24)20-19-23-11-7-10-14-31(23)35;1-8-16-25-19(9-1)17-18-27(25,20-10-2-3-11-20)26-23-14-6-4-12-21(23)22-13-5-7-15-24(22)26;1-2-3-10-21-19-26(24-15-8-7-14-23(21)24)27(22-12-5-6-13-22)18-17-20-11-4-9-16-25(20)27;1-5-11-20-17(7-1)13-14-22(20)23(19-9-3-4-10-19)16-15-18-8-2-6-12-21(18)23;1-2-6-11(5-1)14-10-9-12-7-3-4-8-13(12)14/h7-18,21-22,24,32H,19-20H2,1-6H3;1-16,20,26H,17-18H2;2,4-9,11-16,19,22,26H,1,3,10,17-18H2;1-14,19,22H,15-16H2;1-8H,9-10H2. The number of benzene rings is 11. The summed E-state index contributed by atoms with van der Waals surface area (Å²) in [6, 6.07) is 96.3. The van der Waals surface area contributed by atoms with Crippen molar-refractivity contribution in [3.63, 3.8) is 0 Å². The summed E-state index contributed by atoms with van der Waals surface area (Å²) in [5, 5.41) is 0. The first-order valence-corrected chi connectivity index (χ1v) is 47.2. The van der Waals surface area contributed by atoms with Crippen LogP contribution in [0.3, 0.4) is 0 Å². The van der Waals surface area contributed by atoms with Crippen molar-refractivity contribution >= 4 is 17.2 Å². The third kappa shape index (κ3) is 13.6. The Labute approximate surface area is 750 Å². The second kappa shape index (κ2) is 33.0. The third-order valence-corrected chi connectivity index (χ3v) is 31.8. The molecule has 6 atom stereocenters. The van der Waals surface area contributed by atoms with Crippen LogP contribution >= 0.6 is 0 Å². The molecule has 0 fully saturated rings. The maximum Gasteiger partial charge on any atom is 0.0208 e. The predicted octanol–water partition coefficient (Wildman–Crippen LogP) is 31.1. The van der Waals surface area contributed by atoms with Crippen molar-refractivity contribution in [3.05, 3.63) is 518 Å². The van der Waals surface area contributed by atoms with Gasteiger partial charge >= 0.3 is 0 Å². The maximum atomic E-state index is 3.94. The first-order valence-electron chi connectivity index (χ1n) is 47.2. The fourth-order valence-electron chi connectivity index (χ4n) is 26.0. The fraction of sp³-hybridized carbons (Fsp3) is 0.254. The molecule has 0 N–H and O–H groups in total. The van der Waals surface area contributed by atoms with Gasteiger partial charge in [0.25, 0.3) is 0 Å². The van der Waals surface area contributed by atoms with Crippen molar-refractivity contribution in [2.45, 2.75) is 175 Å². The summed E-state index contributed by atoms with van der Waals surface area (Å²) in [5.74, 6) is 3.48. The van der Waals surface area contributed by atoms with Crippen LogP contribution in [-0.4, -0.2) is 0 Å². The van der Waals surface area contributed by atoms with Gasteiger partial charge in [0.05, 0.1) is 0 Å². The second-order valence-electron chi connectivity index (χ2n) is 40.0. The summed E-state index contributed by atoms with van der Waals surface area (Å²) >= 11 is 0.